The van der Waals surface area contributed by atoms with E-state index in [0.29, 0.717) is 11.3 Å². The Labute approximate surface area is 87.4 Å². The molecule has 1 aliphatic rings. The minimum atomic E-state index is -0.134. The monoisotopic (exact) mass is 212 g/mol. The third-order valence-corrected chi connectivity index (χ3v) is 3.03. The molecule has 2 atom stereocenters. The fourth-order valence-electron chi connectivity index (χ4n) is 1.48. The Morgan fingerprint density at radius 1 is 1.43 bits per heavy atom. The van der Waals surface area contributed by atoms with E-state index in [-0.39, 0.29) is 10.9 Å². The maximum absolute atomic E-state index is 10.5. The van der Waals surface area contributed by atoms with Crippen molar-refractivity contribution in [2.24, 2.45) is 5.92 Å². The summed E-state index contributed by atoms with van der Waals surface area (Å²) in [6.45, 7) is 0. The summed E-state index contributed by atoms with van der Waals surface area (Å²) in [5.74, 6) is 0.583. The van der Waals surface area contributed by atoms with Crippen molar-refractivity contribution in [1.29, 1.82) is 0 Å². The molecule has 0 amide bonds. The molecule has 0 unspecified atom stereocenters. The summed E-state index contributed by atoms with van der Waals surface area (Å²) < 4.78 is 0. The Kier molecular flexibility index (Phi) is 2.63. The lowest BCUT2D eigenvalue weighted by Gasteiger charge is -2.21. The van der Waals surface area contributed by atoms with E-state index < -0.39 is 0 Å². The summed E-state index contributed by atoms with van der Waals surface area (Å²) in [4.78, 5) is 0. The second kappa shape index (κ2) is 3.77. The van der Waals surface area contributed by atoms with Gasteiger partial charge in [0.25, 0.3) is 0 Å². The highest BCUT2D eigenvalue weighted by atomic mass is 35.5. The van der Waals surface area contributed by atoms with E-state index in [1.54, 1.807) is 12.1 Å². The number of hydrogen-bond donors (Lipinski definition) is 1. The van der Waals surface area contributed by atoms with Gasteiger partial charge in [0.15, 0.2) is 0 Å². The van der Waals surface area contributed by atoms with Crippen LogP contribution in [0.3, 0.4) is 0 Å². The van der Waals surface area contributed by atoms with Gasteiger partial charge >= 0.3 is 0 Å². The number of benzene rings is 1. The van der Waals surface area contributed by atoms with Gasteiger partial charge in [0, 0.05) is 5.38 Å². The first-order chi connectivity index (χ1) is 6.66. The summed E-state index contributed by atoms with van der Waals surface area (Å²) in [7, 11) is 0. The maximum Gasteiger partial charge on any atom is 0.0508 e. The van der Waals surface area contributed by atoms with Crippen LogP contribution in [0, 0.1) is 11.1 Å². The van der Waals surface area contributed by atoms with Crippen molar-refractivity contribution in [1.82, 2.24) is 0 Å². The summed E-state index contributed by atoms with van der Waals surface area (Å²) in [6.07, 6.45) is 2.04. The molecule has 3 nitrogen and oxygen atoms in total. The van der Waals surface area contributed by atoms with Crippen molar-refractivity contribution in [2.75, 3.05) is 5.23 Å². The van der Waals surface area contributed by atoms with Gasteiger partial charge in [-0.25, -0.2) is 0 Å². The van der Waals surface area contributed by atoms with Gasteiger partial charge in [-0.2, -0.15) is 0 Å². The van der Waals surface area contributed by atoms with E-state index in [9.17, 15) is 5.21 Å². The number of hydrogen-bond acceptors (Lipinski definition) is 3. The SMILES string of the molecule is [O-]N(O)c1ccc(C[C@H]2C[C@H]2Cl)cc1. The molecule has 0 spiro atoms. The van der Waals surface area contributed by atoms with Gasteiger partial charge in [0.1, 0.15) is 0 Å². The Balaban J connectivity index is 1.99. The summed E-state index contributed by atoms with van der Waals surface area (Å²) in [6, 6.07) is 6.90. The minimum absolute atomic E-state index is 0.134. The first kappa shape index (κ1) is 9.77. The van der Waals surface area contributed by atoms with Crippen molar-refractivity contribution >= 4 is 17.3 Å². The van der Waals surface area contributed by atoms with Crippen molar-refractivity contribution in [3.8, 4) is 0 Å². The second-order valence-corrected chi connectivity index (χ2v) is 4.22. The first-order valence-electron chi connectivity index (χ1n) is 4.56. The lowest BCUT2D eigenvalue weighted by atomic mass is 10.1. The van der Waals surface area contributed by atoms with Gasteiger partial charge in [-0.05, 0) is 36.5 Å². The average Bonchev–Trinajstić information content (AvgIpc) is 2.82. The van der Waals surface area contributed by atoms with E-state index in [1.807, 2.05) is 12.1 Å². The number of rotatable bonds is 3. The zero-order valence-corrected chi connectivity index (χ0v) is 8.31. The van der Waals surface area contributed by atoms with E-state index >= 15 is 0 Å². The Hall–Kier alpha value is -0.770. The van der Waals surface area contributed by atoms with Crippen LogP contribution in [0.5, 0.6) is 0 Å². The number of nitrogens with zero attached hydrogens (tertiary/aromatic N) is 1. The van der Waals surface area contributed by atoms with E-state index in [1.165, 1.54) is 0 Å². The van der Waals surface area contributed by atoms with Crippen LogP contribution in [0.4, 0.5) is 5.69 Å². The largest absolute Gasteiger partial charge is 0.733 e. The lowest BCUT2D eigenvalue weighted by molar-refractivity contribution is 0.296. The standard InChI is InChI=1S/C10H11ClNO2/c11-10-6-8(10)5-7-1-3-9(4-2-7)12(13)14/h1-4,8,10,13H,5-6H2/q-1/t8-,10+/m0/s1. The third kappa shape index (κ3) is 2.18. The van der Waals surface area contributed by atoms with Crippen LogP contribution < -0.4 is 5.23 Å². The fourth-order valence-corrected chi connectivity index (χ4v) is 1.80. The first-order valence-corrected chi connectivity index (χ1v) is 4.99. The number of alkyl halides is 1. The van der Waals surface area contributed by atoms with Crippen LogP contribution in [0.1, 0.15) is 12.0 Å². The van der Waals surface area contributed by atoms with Crippen LogP contribution in [-0.2, 0) is 6.42 Å². The predicted octanol–water partition coefficient (Wildman–Crippen LogP) is 2.55. The van der Waals surface area contributed by atoms with Crippen molar-refractivity contribution < 1.29 is 5.21 Å². The minimum Gasteiger partial charge on any atom is -0.733 e. The van der Waals surface area contributed by atoms with Crippen LogP contribution in [-0.4, -0.2) is 10.6 Å². The van der Waals surface area contributed by atoms with Gasteiger partial charge in [0.2, 0.25) is 0 Å². The van der Waals surface area contributed by atoms with E-state index in [0.717, 1.165) is 18.4 Å². The van der Waals surface area contributed by atoms with E-state index in [2.05, 4.69) is 0 Å². The molecule has 0 heterocycles. The zero-order chi connectivity index (χ0) is 10.1. The highest BCUT2D eigenvalue weighted by Gasteiger charge is 2.34. The molecule has 0 aromatic heterocycles. The Bertz CT molecular complexity index is 312. The molecule has 1 saturated carbocycles. The molecule has 76 valence electrons. The molecule has 4 heteroatoms. The molecule has 1 aliphatic carbocycles. The predicted molar refractivity (Wildman–Crippen MR) is 55.5 cm³/mol. The maximum atomic E-state index is 10.5. The topological polar surface area (TPSA) is 46.5 Å². The smallest absolute Gasteiger partial charge is 0.0508 e. The summed E-state index contributed by atoms with van der Waals surface area (Å²) in [5.41, 5.74) is 1.41. The molecule has 0 aliphatic heterocycles. The molecule has 0 bridgehead atoms. The third-order valence-electron chi connectivity index (χ3n) is 2.49. The normalized spacial score (nSPS) is 24.8. The summed E-state index contributed by atoms with van der Waals surface area (Å²) >= 11 is 5.89. The molecule has 1 aromatic rings. The Morgan fingerprint density at radius 3 is 2.43 bits per heavy atom. The van der Waals surface area contributed by atoms with Crippen LogP contribution >= 0.6 is 11.6 Å². The van der Waals surface area contributed by atoms with Crippen molar-refractivity contribution in [3.05, 3.63) is 35.0 Å². The molecule has 0 radical (unpaired) electrons. The molecule has 0 saturated heterocycles. The fraction of sp³-hybridized carbons (Fsp3) is 0.400. The number of anilines is 1. The van der Waals surface area contributed by atoms with Gasteiger partial charge in [0.05, 0.1) is 5.69 Å². The van der Waals surface area contributed by atoms with E-state index in [4.69, 9.17) is 16.8 Å². The zero-order valence-electron chi connectivity index (χ0n) is 7.56. The van der Waals surface area contributed by atoms with Gasteiger partial charge in [-0.1, -0.05) is 12.1 Å². The molecule has 2 rings (SSSR count). The second-order valence-electron chi connectivity index (χ2n) is 3.66. The van der Waals surface area contributed by atoms with Crippen LogP contribution in [0.2, 0.25) is 0 Å². The number of halogens is 1. The molecule has 1 fully saturated rings. The van der Waals surface area contributed by atoms with Crippen molar-refractivity contribution in [3.63, 3.8) is 0 Å². The summed E-state index contributed by atoms with van der Waals surface area (Å²) in [5, 5.41) is 19.3. The molecule has 1 aromatic carbocycles. The van der Waals surface area contributed by atoms with Crippen LogP contribution in [0.25, 0.3) is 0 Å². The quantitative estimate of drug-likeness (QED) is 0.619. The Morgan fingerprint density at radius 2 is 2.00 bits per heavy atom. The van der Waals surface area contributed by atoms with Gasteiger partial charge < -0.3 is 10.4 Å². The van der Waals surface area contributed by atoms with Crippen LogP contribution in [0.15, 0.2) is 24.3 Å². The lowest BCUT2D eigenvalue weighted by Crippen LogP contribution is -2.06. The molecular weight excluding hydrogens is 202 g/mol. The van der Waals surface area contributed by atoms with Crippen molar-refractivity contribution in [2.45, 2.75) is 18.2 Å². The average molecular weight is 213 g/mol. The van der Waals surface area contributed by atoms with Gasteiger partial charge in [-0.3, -0.25) is 5.21 Å². The highest BCUT2D eigenvalue weighted by molar-refractivity contribution is 6.22. The highest BCUT2D eigenvalue weighted by Crippen LogP contribution is 2.38. The molecule has 14 heavy (non-hydrogen) atoms. The van der Waals surface area contributed by atoms with Gasteiger partial charge in [-0.15, -0.1) is 11.6 Å². The molecule has 1 N–H and O–H groups in total. The molecular formula is C10H11ClNO2-.